The molecule has 3 atom stereocenters. The first-order valence-electron chi connectivity index (χ1n) is 9.19. The van der Waals surface area contributed by atoms with E-state index in [2.05, 4.69) is 0 Å². The molecule has 2 aromatic carbocycles. The van der Waals surface area contributed by atoms with Crippen LogP contribution in [0.1, 0.15) is 56.7 Å². The minimum absolute atomic E-state index is 0.0888. The molecule has 7 heteroatoms. The van der Waals surface area contributed by atoms with Gasteiger partial charge in [0.2, 0.25) is 5.78 Å². The Morgan fingerprint density at radius 3 is 2.50 bits per heavy atom. The maximum absolute atomic E-state index is 12.8. The third kappa shape index (κ3) is 3.07. The first-order chi connectivity index (χ1) is 13.4. The van der Waals surface area contributed by atoms with Gasteiger partial charge in [-0.05, 0) is 43.0 Å². The van der Waals surface area contributed by atoms with Crippen molar-refractivity contribution in [2.45, 2.75) is 44.1 Å². The lowest BCUT2D eigenvalue weighted by molar-refractivity contribution is -0.0209. The van der Waals surface area contributed by atoms with Crippen molar-refractivity contribution < 1.29 is 29.6 Å². The summed E-state index contributed by atoms with van der Waals surface area (Å²) in [6, 6.07) is 6.91. The number of hydrogen-bond donors (Lipinski definition) is 4. The van der Waals surface area contributed by atoms with Gasteiger partial charge in [-0.15, -0.1) is 0 Å². The molecule has 0 radical (unpaired) electrons. The van der Waals surface area contributed by atoms with Crippen LogP contribution >= 0.6 is 0 Å². The highest BCUT2D eigenvalue weighted by Crippen LogP contribution is 2.37. The summed E-state index contributed by atoms with van der Waals surface area (Å²) in [5, 5.41) is 30.1. The first kappa shape index (κ1) is 18.6. The van der Waals surface area contributed by atoms with Gasteiger partial charge in [0.15, 0.2) is 5.78 Å². The summed E-state index contributed by atoms with van der Waals surface area (Å²) in [4.78, 5) is 25.6. The number of hydrogen-bond acceptors (Lipinski definition) is 7. The van der Waals surface area contributed by atoms with Crippen LogP contribution < -0.4 is 5.73 Å². The summed E-state index contributed by atoms with van der Waals surface area (Å²) >= 11 is 0. The number of phenolic OH excluding ortho intramolecular Hbond substituents is 2. The van der Waals surface area contributed by atoms with Gasteiger partial charge in [0.05, 0.1) is 29.9 Å². The van der Waals surface area contributed by atoms with Gasteiger partial charge in [-0.3, -0.25) is 9.59 Å². The van der Waals surface area contributed by atoms with Crippen molar-refractivity contribution >= 4 is 11.6 Å². The molecule has 2 aliphatic carbocycles. The van der Waals surface area contributed by atoms with Gasteiger partial charge in [-0.1, -0.05) is 12.1 Å². The molecule has 2 aromatic rings. The summed E-state index contributed by atoms with van der Waals surface area (Å²) in [6.45, 7) is 0.142. The number of ketones is 2. The topological polar surface area (TPSA) is 130 Å². The third-order valence-electron chi connectivity index (χ3n) is 5.46. The third-order valence-corrected chi connectivity index (χ3v) is 5.46. The van der Waals surface area contributed by atoms with Crippen molar-refractivity contribution in [2.24, 2.45) is 5.73 Å². The van der Waals surface area contributed by atoms with E-state index in [1.807, 2.05) is 0 Å². The molecule has 2 aliphatic rings. The van der Waals surface area contributed by atoms with Crippen molar-refractivity contribution in [3.05, 3.63) is 58.1 Å². The number of ether oxygens (including phenoxy) is 1. The van der Waals surface area contributed by atoms with Crippen molar-refractivity contribution in [1.82, 2.24) is 0 Å². The van der Waals surface area contributed by atoms with Crippen LogP contribution in [-0.2, 0) is 11.3 Å². The number of aliphatic hydroxyl groups excluding tert-OH is 1. The highest BCUT2D eigenvalue weighted by Gasteiger charge is 2.34. The van der Waals surface area contributed by atoms with Crippen molar-refractivity contribution in [2.75, 3.05) is 0 Å². The molecule has 0 aliphatic heterocycles. The van der Waals surface area contributed by atoms with E-state index in [-0.39, 0.29) is 52.5 Å². The maximum Gasteiger partial charge on any atom is 0.201 e. The molecule has 0 saturated heterocycles. The van der Waals surface area contributed by atoms with Gasteiger partial charge < -0.3 is 25.8 Å². The minimum atomic E-state index is -0.583. The van der Waals surface area contributed by atoms with E-state index < -0.39 is 17.7 Å². The Morgan fingerprint density at radius 2 is 1.75 bits per heavy atom. The van der Waals surface area contributed by atoms with E-state index >= 15 is 0 Å². The molecule has 146 valence electrons. The summed E-state index contributed by atoms with van der Waals surface area (Å²) in [6.07, 6.45) is 1.13. The van der Waals surface area contributed by atoms with Gasteiger partial charge in [0.1, 0.15) is 11.5 Å². The Morgan fingerprint density at radius 1 is 1.00 bits per heavy atom. The number of aliphatic hydroxyl groups is 1. The second-order valence-corrected chi connectivity index (χ2v) is 7.37. The average Bonchev–Trinajstić information content (AvgIpc) is 2.66. The Balaban J connectivity index is 1.60. The fourth-order valence-electron chi connectivity index (χ4n) is 3.94. The van der Waals surface area contributed by atoms with Crippen molar-refractivity contribution in [3.63, 3.8) is 0 Å². The molecule has 0 amide bonds. The SMILES string of the molecule is NC1C[C@@H](OCc2cc(O)c3c(c2)C(=O)c2cccc(O)c2C3=O)CC[C@@H]1O. The smallest absolute Gasteiger partial charge is 0.201 e. The van der Waals surface area contributed by atoms with E-state index in [1.54, 1.807) is 6.07 Å². The number of carbonyl (C=O) groups is 2. The first-order valence-corrected chi connectivity index (χ1v) is 9.19. The number of phenols is 2. The second-order valence-electron chi connectivity index (χ2n) is 7.37. The Hall–Kier alpha value is -2.74. The van der Waals surface area contributed by atoms with Gasteiger partial charge in [-0.2, -0.15) is 0 Å². The monoisotopic (exact) mass is 383 g/mol. The van der Waals surface area contributed by atoms with E-state index in [1.165, 1.54) is 24.3 Å². The Labute approximate surface area is 161 Å². The van der Waals surface area contributed by atoms with Gasteiger partial charge in [0.25, 0.3) is 0 Å². The van der Waals surface area contributed by atoms with Crippen molar-refractivity contribution in [1.29, 1.82) is 0 Å². The Bertz CT molecular complexity index is 970. The van der Waals surface area contributed by atoms with Crippen LogP contribution in [0, 0.1) is 0 Å². The lowest BCUT2D eigenvalue weighted by Crippen LogP contribution is -2.42. The fourth-order valence-corrected chi connectivity index (χ4v) is 3.94. The van der Waals surface area contributed by atoms with Crippen molar-refractivity contribution in [3.8, 4) is 11.5 Å². The molecule has 5 N–H and O–H groups in total. The molecule has 0 bridgehead atoms. The van der Waals surface area contributed by atoms with E-state index in [9.17, 15) is 24.9 Å². The molecule has 7 nitrogen and oxygen atoms in total. The predicted molar refractivity (Wildman–Crippen MR) is 99.5 cm³/mol. The zero-order chi connectivity index (χ0) is 20.0. The number of aromatic hydroxyl groups is 2. The zero-order valence-electron chi connectivity index (χ0n) is 15.1. The van der Waals surface area contributed by atoms with E-state index in [4.69, 9.17) is 10.5 Å². The maximum atomic E-state index is 12.8. The van der Waals surface area contributed by atoms with Crippen LogP contribution in [0.25, 0.3) is 0 Å². The molecule has 0 spiro atoms. The molecular weight excluding hydrogens is 362 g/mol. The number of fused-ring (bicyclic) bond motifs is 2. The van der Waals surface area contributed by atoms with Crippen LogP contribution in [0.15, 0.2) is 30.3 Å². The molecule has 0 heterocycles. The fraction of sp³-hybridized carbons (Fsp3) is 0.333. The molecule has 1 unspecified atom stereocenters. The number of benzene rings is 2. The number of nitrogens with two attached hydrogens (primary N) is 1. The number of carbonyl (C=O) groups excluding carboxylic acids is 2. The highest BCUT2D eigenvalue weighted by molar-refractivity contribution is 6.30. The highest BCUT2D eigenvalue weighted by atomic mass is 16.5. The van der Waals surface area contributed by atoms with Gasteiger partial charge >= 0.3 is 0 Å². The standard InChI is InChI=1S/C21H21NO6/c22-14-8-11(4-5-15(14)23)28-9-10-6-13-19(17(25)7-10)21(27)18-12(20(13)26)2-1-3-16(18)24/h1-3,6-7,11,14-15,23-25H,4-5,8-9,22H2/t11-,14?,15-/m0/s1. The minimum Gasteiger partial charge on any atom is -0.507 e. The van der Waals surface area contributed by atoms with Crippen LogP contribution in [0.3, 0.4) is 0 Å². The lowest BCUT2D eigenvalue weighted by Gasteiger charge is -2.30. The van der Waals surface area contributed by atoms with Crippen LogP contribution in [0.2, 0.25) is 0 Å². The quantitative estimate of drug-likeness (QED) is 0.541. The van der Waals surface area contributed by atoms with Crippen LogP contribution in [0.5, 0.6) is 11.5 Å². The van der Waals surface area contributed by atoms with Crippen LogP contribution in [-0.4, -0.2) is 45.1 Å². The second kappa shape index (κ2) is 7.01. The molecule has 0 aromatic heterocycles. The summed E-state index contributed by atoms with van der Waals surface area (Å²) in [5.41, 5.74) is 6.44. The van der Waals surface area contributed by atoms with Gasteiger partial charge in [-0.25, -0.2) is 0 Å². The summed E-state index contributed by atoms with van der Waals surface area (Å²) in [5.74, 6) is -1.62. The number of rotatable bonds is 3. The van der Waals surface area contributed by atoms with E-state index in [0.29, 0.717) is 24.8 Å². The normalized spacial score (nSPS) is 24.0. The molecule has 1 saturated carbocycles. The predicted octanol–water partition coefficient (Wildman–Crippen LogP) is 1.63. The molecular formula is C21H21NO6. The zero-order valence-corrected chi connectivity index (χ0v) is 15.1. The molecule has 4 rings (SSSR count). The van der Waals surface area contributed by atoms with Gasteiger partial charge in [0, 0.05) is 17.2 Å². The van der Waals surface area contributed by atoms with E-state index in [0.717, 1.165) is 0 Å². The summed E-state index contributed by atoms with van der Waals surface area (Å²) < 4.78 is 5.85. The van der Waals surface area contributed by atoms with Crippen LogP contribution in [0.4, 0.5) is 0 Å². The largest absolute Gasteiger partial charge is 0.507 e. The molecule has 1 fully saturated rings. The lowest BCUT2D eigenvalue weighted by atomic mass is 9.82. The average molecular weight is 383 g/mol. The Kier molecular flexibility index (Phi) is 4.66. The molecule has 28 heavy (non-hydrogen) atoms. The summed E-state index contributed by atoms with van der Waals surface area (Å²) in [7, 11) is 0.